The van der Waals surface area contributed by atoms with Crippen molar-refractivity contribution in [2.75, 3.05) is 25.1 Å². The fraction of sp³-hybridized carbons (Fsp3) is 0.222. The third-order valence-corrected chi connectivity index (χ3v) is 5.91. The van der Waals surface area contributed by atoms with Gasteiger partial charge in [-0.05, 0) is 79.6 Å². The fourth-order valence-corrected chi connectivity index (χ4v) is 4.11. The summed E-state index contributed by atoms with van der Waals surface area (Å²) in [5.41, 5.74) is 1.20. The molecule has 1 saturated heterocycles. The van der Waals surface area contributed by atoms with Crippen molar-refractivity contribution in [2.45, 2.75) is 18.9 Å². The van der Waals surface area contributed by atoms with E-state index in [4.69, 9.17) is 14.2 Å². The average Bonchev–Trinajstić information content (AvgIpc) is 3.48. The molecule has 0 spiro atoms. The van der Waals surface area contributed by atoms with Crippen molar-refractivity contribution in [1.82, 2.24) is 4.90 Å². The van der Waals surface area contributed by atoms with Gasteiger partial charge in [-0.1, -0.05) is 0 Å². The number of imide groups is 1. The Morgan fingerprint density at radius 1 is 0.944 bits per heavy atom. The Bertz CT molecular complexity index is 1290. The van der Waals surface area contributed by atoms with Crippen molar-refractivity contribution < 1.29 is 33.0 Å². The van der Waals surface area contributed by atoms with Crippen LogP contribution in [0.25, 0.3) is 0 Å². The molecule has 3 aromatic carbocycles. The first-order chi connectivity index (χ1) is 17.5. The molecule has 1 N–H and O–H groups in total. The molecule has 8 nitrogen and oxygen atoms in total. The Labute approximate surface area is 206 Å². The van der Waals surface area contributed by atoms with Gasteiger partial charge in [-0.15, -0.1) is 0 Å². The molecule has 1 atom stereocenters. The van der Waals surface area contributed by atoms with Gasteiger partial charge in [-0.3, -0.25) is 19.3 Å². The largest absolute Gasteiger partial charge is 0.484 e. The summed E-state index contributed by atoms with van der Waals surface area (Å²) < 4.78 is 29.7. The van der Waals surface area contributed by atoms with Gasteiger partial charge in [0, 0.05) is 12.3 Å². The number of hydrogen-bond acceptors (Lipinski definition) is 6. The maximum Gasteiger partial charge on any atom is 0.262 e. The number of amides is 3. The minimum atomic E-state index is -0.384. The molecule has 3 amide bonds. The molecule has 0 saturated carbocycles. The number of nitrogens with zero attached hydrogens (tertiary/aromatic N) is 1. The van der Waals surface area contributed by atoms with Crippen LogP contribution < -0.4 is 14.8 Å². The third kappa shape index (κ3) is 5.21. The van der Waals surface area contributed by atoms with Crippen LogP contribution in [0.15, 0.2) is 66.7 Å². The molecule has 1 fully saturated rings. The maximum absolute atomic E-state index is 12.9. The topological polar surface area (TPSA) is 94.2 Å². The minimum absolute atomic E-state index is 0.114. The molecule has 1 unspecified atom stereocenters. The van der Waals surface area contributed by atoms with Crippen LogP contribution in [0.1, 0.15) is 33.6 Å². The normalized spacial score (nSPS) is 16.7. The Kier molecular flexibility index (Phi) is 6.64. The molecular formula is C27H23FN2O6. The van der Waals surface area contributed by atoms with E-state index in [1.807, 2.05) is 0 Å². The average molecular weight is 490 g/mol. The predicted octanol–water partition coefficient (Wildman–Crippen LogP) is 4.41. The first-order valence-electron chi connectivity index (χ1n) is 11.5. The number of nitrogens with one attached hydrogen (secondary N) is 1. The Morgan fingerprint density at radius 2 is 1.64 bits per heavy atom. The number of anilines is 1. The summed E-state index contributed by atoms with van der Waals surface area (Å²) in [7, 11) is 0. The lowest BCUT2D eigenvalue weighted by atomic mass is 10.1. The van der Waals surface area contributed by atoms with E-state index in [2.05, 4.69) is 5.32 Å². The zero-order valence-electron chi connectivity index (χ0n) is 19.2. The van der Waals surface area contributed by atoms with Crippen molar-refractivity contribution in [3.05, 3.63) is 83.7 Å². The summed E-state index contributed by atoms with van der Waals surface area (Å²) in [4.78, 5) is 38.9. The first kappa shape index (κ1) is 23.5. The van der Waals surface area contributed by atoms with E-state index < -0.39 is 0 Å². The molecule has 5 rings (SSSR count). The summed E-state index contributed by atoms with van der Waals surface area (Å²) >= 11 is 0. The summed E-state index contributed by atoms with van der Waals surface area (Å²) in [5, 5.41) is 2.70. The molecule has 2 aliphatic heterocycles. The zero-order valence-corrected chi connectivity index (χ0v) is 19.2. The second kappa shape index (κ2) is 10.2. The van der Waals surface area contributed by atoms with Crippen molar-refractivity contribution in [3.63, 3.8) is 0 Å². The van der Waals surface area contributed by atoms with Gasteiger partial charge >= 0.3 is 0 Å². The summed E-state index contributed by atoms with van der Waals surface area (Å²) in [5.74, 6) is -0.132. The molecule has 0 aromatic heterocycles. The highest BCUT2D eigenvalue weighted by molar-refractivity contribution is 6.21. The second-order valence-electron chi connectivity index (χ2n) is 8.48. The van der Waals surface area contributed by atoms with Crippen LogP contribution in [0, 0.1) is 5.82 Å². The molecule has 3 aromatic rings. The molecule has 0 bridgehead atoms. The highest BCUT2D eigenvalue weighted by Crippen LogP contribution is 2.31. The highest BCUT2D eigenvalue weighted by atomic mass is 19.1. The Hall–Kier alpha value is -4.24. The van der Waals surface area contributed by atoms with E-state index in [9.17, 15) is 18.8 Å². The van der Waals surface area contributed by atoms with Crippen molar-refractivity contribution >= 4 is 23.4 Å². The van der Waals surface area contributed by atoms with Crippen LogP contribution in [0.4, 0.5) is 10.1 Å². The highest BCUT2D eigenvalue weighted by Gasteiger charge is 2.37. The van der Waals surface area contributed by atoms with Gasteiger partial charge in [-0.25, -0.2) is 4.39 Å². The molecule has 0 aliphatic carbocycles. The van der Waals surface area contributed by atoms with Crippen molar-refractivity contribution in [2.24, 2.45) is 0 Å². The van der Waals surface area contributed by atoms with Crippen LogP contribution >= 0.6 is 0 Å². The number of hydrogen-bond donors (Lipinski definition) is 1. The smallest absolute Gasteiger partial charge is 0.262 e. The van der Waals surface area contributed by atoms with Gasteiger partial charge in [-0.2, -0.15) is 0 Å². The van der Waals surface area contributed by atoms with E-state index in [0.717, 1.165) is 12.8 Å². The molecule has 2 aliphatic rings. The molecule has 184 valence electrons. The number of benzene rings is 3. The standard InChI is InChI=1S/C27H23FN2O6/c28-17-3-7-19(8-4-17)35-16-25(31)29-18-5-9-20(10-6-18)36-21-11-12-23-24(14-21)27(33)30(26(23)32)15-22-2-1-13-34-22/h3-12,14,22H,1-2,13,15-16H2,(H,29,31). The predicted molar refractivity (Wildman–Crippen MR) is 128 cm³/mol. The number of fused-ring (bicyclic) bond motifs is 1. The lowest BCUT2D eigenvalue weighted by Crippen LogP contribution is -2.36. The number of carbonyl (C=O) groups excluding carboxylic acids is 3. The Morgan fingerprint density at radius 3 is 2.36 bits per heavy atom. The van der Waals surface area contributed by atoms with E-state index >= 15 is 0 Å². The van der Waals surface area contributed by atoms with Gasteiger partial charge in [0.25, 0.3) is 17.7 Å². The molecule has 2 heterocycles. The maximum atomic E-state index is 12.9. The van der Waals surface area contributed by atoms with Crippen molar-refractivity contribution in [1.29, 1.82) is 0 Å². The van der Waals surface area contributed by atoms with Crippen LogP contribution in [0.5, 0.6) is 17.2 Å². The third-order valence-electron chi connectivity index (χ3n) is 5.91. The number of ether oxygens (including phenoxy) is 3. The van der Waals surface area contributed by atoms with E-state index in [1.165, 1.54) is 29.2 Å². The first-order valence-corrected chi connectivity index (χ1v) is 11.5. The van der Waals surface area contributed by atoms with Gasteiger partial charge in [0.1, 0.15) is 23.1 Å². The minimum Gasteiger partial charge on any atom is -0.484 e. The van der Waals surface area contributed by atoms with Gasteiger partial charge in [0.05, 0.1) is 23.8 Å². The SMILES string of the molecule is O=C(COc1ccc(F)cc1)Nc1ccc(Oc2ccc3c(c2)C(=O)N(CC2CCCO2)C3=O)cc1. The van der Waals surface area contributed by atoms with Crippen molar-refractivity contribution in [3.8, 4) is 17.2 Å². The number of carbonyl (C=O) groups is 3. The van der Waals surface area contributed by atoms with Gasteiger partial charge < -0.3 is 19.5 Å². The van der Waals surface area contributed by atoms with Crippen LogP contribution in [0.3, 0.4) is 0 Å². The molecule has 0 radical (unpaired) electrons. The van der Waals surface area contributed by atoms with Crippen LogP contribution in [-0.4, -0.2) is 48.5 Å². The van der Waals surface area contributed by atoms with Gasteiger partial charge in [0.2, 0.25) is 0 Å². The zero-order chi connectivity index (χ0) is 25.1. The summed E-state index contributed by atoms with van der Waals surface area (Å²) in [6.45, 7) is 0.679. The van der Waals surface area contributed by atoms with Crippen LogP contribution in [0.2, 0.25) is 0 Å². The molecule has 36 heavy (non-hydrogen) atoms. The lowest BCUT2D eigenvalue weighted by molar-refractivity contribution is -0.118. The Balaban J connectivity index is 1.17. The summed E-state index contributed by atoms with van der Waals surface area (Å²) in [6.07, 6.45) is 1.65. The van der Waals surface area contributed by atoms with E-state index in [1.54, 1.807) is 42.5 Å². The lowest BCUT2D eigenvalue weighted by Gasteiger charge is -2.17. The van der Waals surface area contributed by atoms with Gasteiger partial charge in [0.15, 0.2) is 6.61 Å². The number of halogens is 1. The monoisotopic (exact) mass is 490 g/mol. The van der Waals surface area contributed by atoms with Crippen LogP contribution in [-0.2, 0) is 9.53 Å². The van der Waals surface area contributed by atoms with E-state index in [0.29, 0.717) is 40.7 Å². The fourth-order valence-electron chi connectivity index (χ4n) is 4.11. The molecular weight excluding hydrogens is 467 g/mol. The quantitative estimate of drug-likeness (QED) is 0.470. The second-order valence-corrected chi connectivity index (χ2v) is 8.48. The van der Waals surface area contributed by atoms with E-state index in [-0.39, 0.29) is 42.8 Å². The number of rotatable bonds is 8. The molecule has 9 heteroatoms. The summed E-state index contributed by atoms with van der Waals surface area (Å²) in [6, 6.07) is 16.8.